The molecule has 0 unspecified atom stereocenters. The third-order valence-electron chi connectivity index (χ3n) is 4.41. The molecule has 158 valence electrons. The Morgan fingerprint density at radius 2 is 2.03 bits per heavy atom. The summed E-state index contributed by atoms with van der Waals surface area (Å²) < 4.78 is 45.1. The third-order valence-corrected chi connectivity index (χ3v) is 4.41. The topological polar surface area (TPSA) is 72.9 Å². The smallest absolute Gasteiger partial charge is 0.420 e. The summed E-state index contributed by atoms with van der Waals surface area (Å²) in [4.78, 5) is 18.3. The molecule has 1 aromatic heterocycles. The number of anilines is 3. The fraction of sp³-hybridized carbons (Fsp3) is 0.333. The molecule has 3 heterocycles. The maximum Gasteiger partial charge on any atom is 0.420 e. The molecule has 30 heavy (non-hydrogen) atoms. The highest BCUT2D eigenvalue weighted by molar-refractivity contribution is 6.00. The number of hydrogen-bond donors (Lipinski definition) is 1. The summed E-state index contributed by atoms with van der Waals surface area (Å²) in [5.74, 6) is -0.750. The first-order chi connectivity index (χ1) is 14.2. The van der Waals surface area contributed by atoms with Crippen molar-refractivity contribution in [2.24, 2.45) is 0 Å². The second kappa shape index (κ2) is 7.47. The molecule has 2 aliphatic rings. The van der Waals surface area contributed by atoms with Gasteiger partial charge in [-0.15, -0.1) is 0 Å². The molecule has 9 heteroatoms. The number of pyridine rings is 1. The van der Waals surface area contributed by atoms with E-state index in [0.29, 0.717) is 24.5 Å². The number of fused-ring (bicyclic) bond motifs is 2. The lowest BCUT2D eigenvalue weighted by atomic mass is 10.1. The predicted octanol–water partition coefficient (Wildman–Crippen LogP) is 4.70. The number of aromatic nitrogens is 1. The number of benzene rings is 1. The van der Waals surface area contributed by atoms with Crippen molar-refractivity contribution in [3.05, 3.63) is 53.4 Å². The second-order valence-corrected chi connectivity index (χ2v) is 7.86. The van der Waals surface area contributed by atoms with Gasteiger partial charge in [-0.25, -0.2) is 23.5 Å². The van der Waals surface area contributed by atoms with Gasteiger partial charge in [0, 0.05) is 18.2 Å². The summed E-state index contributed by atoms with van der Waals surface area (Å²) in [6, 6.07) is 3.99. The number of amides is 1. The minimum absolute atomic E-state index is 0.167. The number of nitrogens with zero attached hydrogens (tertiary/aromatic N) is 2. The zero-order chi connectivity index (χ0) is 21.5. The van der Waals surface area contributed by atoms with Crippen LogP contribution < -0.4 is 10.2 Å². The van der Waals surface area contributed by atoms with Crippen molar-refractivity contribution >= 4 is 29.0 Å². The van der Waals surface area contributed by atoms with E-state index in [9.17, 15) is 9.18 Å². The summed E-state index contributed by atoms with van der Waals surface area (Å²) in [6.07, 6.45) is 1.60. The van der Waals surface area contributed by atoms with Crippen LogP contribution in [0.3, 0.4) is 0 Å². The molecule has 0 radical (unpaired) electrons. The van der Waals surface area contributed by atoms with E-state index in [-0.39, 0.29) is 29.4 Å². The zero-order valence-corrected chi connectivity index (χ0v) is 16.8. The fourth-order valence-corrected chi connectivity index (χ4v) is 3.19. The number of ether oxygens (including phenoxy) is 3. The van der Waals surface area contributed by atoms with E-state index in [2.05, 4.69) is 10.3 Å². The SMILES string of the molecule is CC(C)(C)OC(=O)N1c2cc(F)c(C3=COCCO3)cc2NCc2cc(F)cnc21. The number of hydrogen-bond acceptors (Lipinski definition) is 6. The van der Waals surface area contributed by atoms with E-state index < -0.39 is 23.3 Å². The molecule has 1 aromatic carbocycles. The average Bonchev–Trinajstić information content (AvgIpc) is 2.83. The molecule has 4 rings (SSSR count). The Kier molecular flexibility index (Phi) is 4.97. The van der Waals surface area contributed by atoms with E-state index in [1.165, 1.54) is 24.5 Å². The lowest BCUT2D eigenvalue weighted by Gasteiger charge is -2.28. The zero-order valence-electron chi connectivity index (χ0n) is 16.8. The van der Waals surface area contributed by atoms with Crippen LogP contribution in [0.2, 0.25) is 0 Å². The minimum atomic E-state index is -0.798. The number of nitrogens with one attached hydrogen (secondary N) is 1. The molecule has 0 fully saturated rings. The number of halogens is 2. The van der Waals surface area contributed by atoms with Gasteiger partial charge in [0.1, 0.15) is 42.5 Å². The highest BCUT2D eigenvalue weighted by Crippen LogP contribution is 2.40. The van der Waals surface area contributed by atoms with Crippen LogP contribution in [0.1, 0.15) is 31.9 Å². The molecule has 0 atom stereocenters. The van der Waals surface area contributed by atoms with Crippen molar-refractivity contribution in [3.63, 3.8) is 0 Å². The van der Waals surface area contributed by atoms with E-state index in [4.69, 9.17) is 14.2 Å². The Hall–Kier alpha value is -3.36. The van der Waals surface area contributed by atoms with E-state index in [0.717, 1.165) is 11.1 Å². The Bertz CT molecular complexity index is 1030. The maximum atomic E-state index is 15.0. The van der Waals surface area contributed by atoms with Gasteiger partial charge in [0.2, 0.25) is 0 Å². The van der Waals surface area contributed by atoms with Crippen molar-refractivity contribution in [1.82, 2.24) is 4.98 Å². The summed E-state index contributed by atoms with van der Waals surface area (Å²) >= 11 is 0. The highest BCUT2D eigenvalue weighted by Gasteiger charge is 2.32. The fourth-order valence-electron chi connectivity index (χ4n) is 3.19. The molecule has 0 saturated carbocycles. The summed E-state index contributed by atoms with van der Waals surface area (Å²) in [5, 5.41) is 3.12. The van der Waals surface area contributed by atoms with Crippen molar-refractivity contribution in [2.45, 2.75) is 32.9 Å². The number of carbonyl (C=O) groups excluding carboxylic acids is 1. The van der Waals surface area contributed by atoms with Crippen LogP contribution in [-0.2, 0) is 20.8 Å². The van der Waals surface area contributed by atoms with Gasteiger partial charge in [-0.3, -0.25) is 0 Å². The van der Waals surface area contributed by atoms with Gasteiger partial charge in [-0.2, -0.15) is 0 Å². The standard InChI is InChI=1S/C21H21F2N3O4/c1-21(2,3)30-20(27)26-17-8-15(23)14(18-11-28-4-5-29-18)7-16(17)24-9-12-6-13(22)10-25-19(12)26/h6-8,10-11,24H,4-5,9H2,1-3H3. The Labute approximate surface area is 172 Å². The lowest BCUT2D eigenvalue weighted by molar-refractivity contribution is 0.0598. The van der Waals surface area contributed by atoms with Gasteiger partial charge in [0.25, 0.3) is 0 Å². The first kappa shape index (κ1) is 19.9. The maximum absolute atomic E-state index is 15.0. The molecule has 0 aliphatic carbocycles. The van der Waals surface area contributed by atoms with Crippen LogP contribution in [0.15, 0.2) is 30.7 Å². The average molecular weight is 417 g/mol. The minimum Gasteiger partial charge on any atom is -0.494 e. The molecule has 2 aromatic rings. The van der Waals surface area contributed by atoms with Crippen LogP contribution in [0.25, 0.3) is 5.76 Å². The Morgan fingerprint density at radius 1 is 1.23 bits per heavy atom. The van der Waals surface area contributed by atoms with Crippen LogP contribution in [0.5, 0.6) is 0 Å². The van der Waals surface area contributed by atoms with Gasteiger partial charge in [0.15, 0.2) is 5.76 Å². The Morgan fingerprint density at radius 3 is 2.73 bits per heavy atom. The number of carbonyl (C=O) groups is 1. The van der Waals surface area contributed by atoms with Gasteiger partial charge in [-0.1, -0.05) is 0 Å². The van der Waals surface area contributed by atoms with Crippen LogP contribution in [-0.4, -0.2) is 29.9 Å². The van der Waals surface area contributed by atoms with Gasteiger partial charge >= 0.3 is 6.09 Å². The van der Waals surface area contributed by atoms with Crippen LogP contribution in [0.4, 0.5) is 30.8 Å². The van der Waals surface area contributed by atoms with Crippen molar-refractivity contribution in [1.29, 1.82) is 0 Å². The molecule has 0 bridgehead atoms. The van der Waals surface area contributed by atoms with E-state index in [1.807, 2.05) is 0 Å². The number of rotatable bonds is 1. The van der Waals surface area contributed by atoms with Crippen molar-refractivity contribution in [2.75, 3.05) is 23.4 Å². The largest absolute Gasteiger partial charge is 0.494 e. The second-order valence-electron chi connectivity index (χ2n) is 7.86. The molecule has 0 spiro atoms. The first-order valence-corrected chi connectivity index (χ1v) is 9.43. The van der Waals surface area contributed by atoms with E-state index in [1.54, 1.807) is 20.8 Å². The normalized spacial score (nSPS) is 15.5. The Balaban J connectivity index is 1.85. The summed E-state index contributed by atoms with van der Waals surface area (Å²) in [5.41, 5.74) is 0.436. The summed E-state index contributed by atoms with van der Waals surface area (Å²) in [6.45, 7) is 6.02. The molecule has 7 nitrogen and oxygen atoms in total. The third kappa shape index (κ3) is 3.87. The molecular weight excluding hydrogens is 396 g/mol. The van der Waals surface area contributed by atoms with Gasteiger partial charge in [-0.05, 0) is 32.9 Å². The quantitative estimate of drug-likeness (QED) is 0.725. The molecule has 1 amide bonds. The highest BCUT2D eigenvalue weighted by atomic mass is 19.1. The van der Waals surface area contributed by atoms with Crippen molar-refractivity contribution in [3.8, 4) is 0 Å². The van der Waals surface area contributed by atoms with Gasteiger partial charge < -0.3 is 19.5 Å². The van der Waals surface area contributed by atoms with Crippen LogP contribution >= 0.6 is 0 Å². The van der Waals surface area contributed by atoms with E-state index >= 15 is 4.39 Å². The summed E-state index contributed by atoms with van der Waals surface area (Å²) in [7, 11) is 0. The predicted molar refractivity (Wildman–Crippen MR) is 106 cm³/mol. The molecule has 0 saturated heterocycles. The molecule has 2 aliphatic heterocycles. The van der Waals surface area contributed by atoms with Gasteiger partial charge in [0.05, 0.1) is 23.1 Å². The van der Waals surface area contributed by atoms with Crippen LogP contribution in [0, 0.1) is 11.6 Å². The first-order valence-electron chi connectivity index (χ1n) is 9.43. The monoisotopic (exact) mass is 417 g/mol. The lowest BCUT2D eigenvalue weighted by Crippen LogP contribution is -2.34. The molecular formula is C21H21F2N3O4. The molecule has 1 N–H and O–H groups in total. The van der Waals surface area contributed by atoms with Crippen molar-refractivity contribution < 1.29 is 27.8 Å².